The smallest absolute Gasteiger partial charge is 0.254 e. The number of carbonyl (C=O) groups excluding carboxylic acids is 1. The molecule has 0 saturated heterocycles. The Bertz CT molecular complexity index is 1460. The molecule has 0 fully saturated rings. The van der Waals surface area contributed by atoms with Crippen LogP contribution in [0.2, 0.25) is 0 Å². The number of methoxy groups -OCH3 is 1. The third-order valence-electron chi connectivity index (χ3n) is 6.55. The molecular weight excluding hydrogens is 498 g/mol. The van der Waals surface area contributed by atoms with Gasteiger partial charge in [0.2, 0.25) is 6.79 Å². The fraction of sp³-hybridized carbons (Fsp3) is 0.267. The molecule has 3 aromatic carbocycles. The lowest BCUT2D eigenvalue weighted by atomic mass is 10.0. The molecule has 196 valence electrons. The minimum Gasteiger partial charge on any atom is -0.497 e. The van der Waals surface area contributed by atoms with E-state index >= 15 is 0 Å². The second-order valence-corrected chi connectivity index (χ2v) is 10.3. The number of pyridine rings is 1. The number of carbonyl (C=O) groups is 1. The number of hydrogen-bond donors (Lipinski definition) is 0. The highest BCUT2D eigenvalue weighted by atomic mass is 32.2. The normalized spacial score (nSPS) is 12.2. The highest BCUT2D eigenvalue weighted by molar-refractivity contribution is 7.98. The quantitative estimate of drug-likeness (QED) is 0.263. The maximum Gasteiger partial charge on any atom is 0.254 e. The second kappa shape index (κ2) is 11.3. The standard InChI is InChI=1S/C30H31N3O4S/c1-32(2)13-14-33(30(34)22-8-12-27-28(16-22)37-19-36-27)18-23-15-21-7-11-25(38-4)17-26(21)31-29(23)20-5-9-24(35-3)10-6-20/h5-12,15-17H,13-14,18-19H2,1-4H3. The van der Waals surface area contributed by atoms with E-state index in [1.807, 2.05) is 43.3 Å². The molecule has 7 nitrogen and oxygen atoms in total. The number of thioether (sulfide) groups is 1. The predicted molar refractivity (Wildman–Crippen MR) is 151 cm³/mol. The van der Waals surface area contributed by atoms with Gasteiger partial charge in [-0.2, -0.15) is 0 Å². The zero-order valence-electron chi connectivity index (χ0n) is 22.1. The minimum absolute atomic E-state index is 0.0661. The fourth-order valence-electron chi connectivity index (χ4n) is 4.43. The number of rotatable bonds is 9. The third kappa shape index (κ3) is 5.56. The molecule has 0 spiro atoms. The van der Waals surface area contributed by atoms with Gasteiger partial charge in [0.1, 0.15) is 5.75 Å². The lowest BCUT2D eigenvalue weighted by molar-refractivity contribution is 0.0732. The second-order valence-electron chi connectivity index (χ2n) is 9.38. The molecule has 1 aromatic heterocycles. The van der Waals surface area contributed by atoms with Crippen LogP contribution in [0.3, 0.4) is 0 Å². The number of likely N-dealkylation sites (N-methyl/N-ethyl adjacent to an activating group) is 1. The topological polar surface area (TPSA) is 64.1 Å². The first-order valence-electron chi connectivity index (χ1n) is 12.4. The van der Waals surface area contributed by atoms with Crippen LogP contribution in [0.25, 0.3) is 22.2 Å². The van der Waals surface area contributed by atoms with Gasteiger partial charge in [-0.3, -0.25) is 4.79 Å². The SMILES string of the molecule is COc1ccc(-c2nc3cc(SC)ccc3cc2CN(CCN(C)C)C(=O)c2ccc3c(c2)OCO3)cc1. The van der Waals surface area contributed by atoms with Gasteiger partial charge in [-0.15, -0.1) is 11.8 Å². The van der Waals surface area contributed by atoms with E-state index in [-0.39, 0.29) is 12.7 Å². The van der Waals surface area contributed by atoms with E-state index in [9.17, 15) is 4.79 Å². The van der Waals surface area contributed by atoms with Crippen molar-refractivity contribution in [3.05, 3.63) is 77.9 Å². The van der Waals surface area contributed by atoms with Gasteiger partial charge in [0, 0.05) is 41.0 Å². The molecule has 4 aromatic rings. The third-order valence-corrected chi connectivity index (χ3v) is 7.28. The van der Waals surface area contributed by atoms with Crippen LogP contribution in [0.15, 0.2) is 71.6 Å². The van der Waals surface area contributed by atoms with E-state index in [2.05, 4.69) is 35.4 Å². The van der Waals surface area contributed by atoms with Gasteiger partial charge in [-0.1, -0.05) is 6.07 Å². The zero-order chi connectivity index (χ0) is 26.6. The van der Waals surface area contributed by atoms with E-state index in [0.717, 1.165) is 44.9 Å². The molecule has 1 aliphatic heterocycles. The first-order valence-corrected chi connectivity index (χ1v) is 13.6. The Kier molecular flexibility index (Phi) is 7.72. The summed E-state index contributed by atoms with van der Waals surface area (Å²) in [5.41, 5.74) is 4.30. The van der Waals surface area contributed by atoms with Gasteiger partial charge < -0.3 is 24.0 Å². The van der Waals surface area contributed by atoms with Gasteiger partial charge >= 0.3 is 0 Å². The van der Waals surface area contributed by atoms with Crippen molar-refractivity contribution in [2.45, 2.75) is 11.4 Å². The van der Waals surface area contributed by atoms with Crippen molar-refractivity contribution in [2.24, 2.45) is 0 Å². The Morgan fingerprint density at radius 3 is 2.50 bits per heavy atom. The Balaban J connectivity index is 1.56. The molecular formula is C30H31N3O4S. The zero-order valence-corrected chi connectivity index (χ0v) is 22.9. The Labute approximate surface area is 227 Å². The van der Waals surface area contributed by atoms with Crippen molar-refractivity contribution in [3.8, 4) is 28.5 Å². The molecule has 0 N–H and O–H groups in total. The van der Waals surface area contributed by atoms with Crippen LogP contribution in [0, 0.1) is 0 Å². The van der Waals surface area contributed by atoms with Crippen molar-refractivity contribution in [2.75, 3.05) is 47.3 Å². The molecule has 0 aliphatic carbocycles. The van der Waals surface area contributed by atoms with Crippen molar-refractivity contribution in [1.29, 1.82) is 0 Å². The van der Waals surface area contributed by atoms with Crippen LogP contribution in [-0.2, 0) is 6.54 Å². The van der Waals surface area contributed by atoms with Crippen LogP contribution in [0.4, 0.5) is 0 Å². The van der Waals surface area contributed by atoms with Crippen LogP contribution >= 0.6 is 11.8 Å². The lowest BCUT2D eigenvalue weighted by Gasteiger charge is -2.26. The van der Waals surface area contributed by atoms with Crippen LogP contribution in [-0.4, -0.2) is 68.0 Å². The average Bonchev–Trinajstić information content (AvgIpc) is 3.42. The van der Waals surface area contributed by atoms with Crippen LogP contribution in [0.5, 0.6) is 17.2 Å². The number of amides is 1. The first kappa shape index (κ1) is 25.9. The van der Waals surface area contributed by atoms with E-state index in [1.54, 1.807) is 37.1 Å². The van der Waals surface area contributed by atoms with Gasteiger partial charge in [-0.05, 0) is 86.6 Å². The van der Waals surface area contributed by atoms with E-state index in [0.29, 0.717) is 30.2 Å². The van der Waals surface area contributed by atoms with E-state index in [4.69, 9.17) is 19.2 Å². The Morgan fingerprint density at radius 2 is 1.76 bits per heavy atom. The molecule has 1 amide bonds. The average molecular weight is 530 g/mol. The largest absolute Gasteiger partial charge is 0.497 e. The maximum absolute atomic E-state index is 13.8. The number of benzene rings is 3. The van der Waals surface area contributed by atoms with Crippen LogP contribution < -0.4 is 14.2 Å². The summed E-state index contributed by atoms with van der Waals surface area (Å²) in [6.45, 7) is 1.87. The summed E-state index contributed by atoms with van der Waals surface area (Å²) >= 11 is 1.69. The predicted octanol–water partition coefficient (Wildman–Crippen LogP) is 5.57. The summed E-state index contributed by atoms with van der Waals surface area (Å²) in [5.74, 6) is 1.97. The summed E-state index contributed by atoms with van der Waals surface area (Å²) in [5, 5.41) is 1.04. The van der Waals surface area contributed by atoms with Crippen molar-refractivity contribution < 1.29 is 19.0 Å². The summed E-state index contributed by atoms with van der Waals surface area (Å²) in [4.78, 5) is 24.0. The van der Waals surface area contributed by atoms with Gasteiger partial charge in [0.25, 0.3) is 5.91 Å². The lowest BCUT2D eigenvalue weighted by Crippen LogP contribution is -2.36. The molecule has 0 saturated carbocycles. The number of fused-ring (bicyclic) bond motifs is 2. The van der Waals surface area contributed by atoms with Crippen LogP contribution in [0.1, 0.15) is 15.9 Å². The summed E-state index contributed by atoms with van der Waals surface area (Å²) < 4.78 is 16.3. The Morgan fingerprint density at radius 1 is 0.974 bits per heavy atom. The van der Waals surface area contributed by atoms with Gasteiger partial charge in [0.15, 0.2) is 11.5 Å². The summed E-state index contributed by atoms with van der Waals surface area (Å²) in [6, 6.07) is 21.7. The fourth-order valence-corrected chi connectivity index (χ4v) is 4.86. The number of ether oxygens (including phenoxy) is 3. The first-order chi connectivity index (χ1) is 18.4. The highest BCUT2D eigenvalue weighted by Crippen LogP contribution is 2.34. The Hall–Kier alpha value is -3.75. The van der Waals surface area contributed by atoms with Crippen molar-refractivity contribution in [1.82, 2.24) is 14.8 Å². The van der Waals surface area contributed by atoms with Gasteiger partial charge in [0.05, 0.1) is 18.3 Å². The number of hydrogen-bond acceptors (Lipinski definition) is 7. The molecule has 0 atom stereocenters. The summed E-state index contributed by atoms with van der Waals surface area (Å²) in [6.07, 6.45) is 2.06. The monoisotopic (exact) mass is 529 g/mol. The number of aromatic nitrogens is 1. The van der Waals surface area contributed by atoms with Crippen molar-refractivity contribution in [3.63, 3.8) is 0 Å². The van der Waals surface area contributed by atoms with E-state index in [1.165, 1.54) is 0 Å². The number of nitrogens with zero attached hydrogens (tertiary/aromatic N) is 3. The molecule has 8 heteroatoms. The molecule has 0 bridgehead atoms. The maximum atomic E-state index is 13.8. The minimum atomic E-state index is -0.0661. The molecule has 1 aliphatic rings. The molecule has 0 unspecified atom stereocenters. The molecule has 38 heavy (non-hydrogen) atoms. The molecule has 2 heterocycles. The van der Waals surface area contributed by atoms with Gasteiger partial charge in [-0.25, -0.2) is 4.98 Å². The van der Waals surface area contributed by atoms with E-state index < -0.39 is 0 Å². The highest BCUT2D eigenvalue weighted by Gasteiger charge is 2.22. The van der Waals surface area contributed by atoms with Crippen molar-refractivity contribution >= 4 is 28.6 Å². The summed E-state index contributed by atoms with van der Waals surface area (Å²) in [7, 11) is 5.67. The molecule has 0 radical (unpaired) electrons. The molecule has 5 rings (SSSR count).